The number of piperidine rings is 1. The standard InChI is InChI=1S/C30H45F3N6O2/c1-19-6-5-9-37(14-19)15-20-10-24(30(31,32)33)25-17-38(28(40)39(25)16-20)23-8-4-7-21(11-23)26(22-12-29(2,41)13-22)27-35-34-18-36(27)3/h10,16-17,19,21-23,26-27,34-35,41H,4-9,11-15,18H2,1-3H3/t19-,21?,22?,23?,26+,27?,29?/m0/s1. The van der Waals surface area contributed by atoms with Crippen LogP contribution in [0.3, 0.4) is 0 Å². The molecule has 2 saturated carbocycles. The first-order valence-corrected chi connectivity index (χ1v) is 15.4. The number of aromatic nitrogens is 2. The minimum absolute atomic E-state index is 0.0617. The number of imidazole rings is 1. The molecule has 4 aliphatic rings. The lowest BCUT2D eigenvalue weighted by molar-refractivity contribution is -0.136. The summed E-state index contributed by atoms with van der Waals surface area (Å²) in [6.45, 7) is 6.92. The molecule has 3 unspecified atom stereocenters. The first kappa shape index (κ1) is 29.2. The second-order valence-corrected chi connectivity index (χ2v) is 13.8. The van der Waals surface area contributed by atoms with Crippen molar-refractivity contribution in [3.8, 4) is 0 Å². The number of rotatable bonds is 6. The Morgan fingerprint density at radius 3 is 2.59 bits per heavy atom. The molecule has 3 N–H and O–H groups in total. The van der Waals surface area contributed by atoms with Crippen LogP contribution in [0.4, 0.5) is 13.2 Å². The number of hydrazine groups is 1. The fourth-order valence-electron chi connectivity index (χ4n) is 8.45. The Hall–Kier alpha value is -1.92. The minimum Gasteiger partial charge on any atom is -0.390 e. The third-order valence-electron chi connectivity index (χ3n) is 10.3. The van der Waals surface area contributed by atoms with Crippen LogP contribution in [0.25, 0.3) is 5.52 Å². The number of hydrogen-bond acceptors (Lipinski definition) is 6. The summed E-state index contributed by atoms with van der Waals surface area (Å²) in [6.07, 6.45) is 5.75. The molecule has 2 aromatic heterocycles. The van der Waals surface area contributed by atoms with Crippen molar-refractivity contribution < 1.29 is 18.3 Å². The van der Waals surface area contributed by atoms with E-state index >= 15 is 0 Å². The first-order chi connectivity index (χ1) is 19.4. The van der Waals surface area contributed by atoms with E-state index in [1.54, 1.807) is 10.8 Å². The van der Waals surface area contributed by atoms with E-state index in [1.807, 2.05) is 6.92 Å². The van der Waals surface area contributed by atoms with Crippen molar-refractivity contribution in [1.82, 2.24) is 29.6 Å². The third-order valence-corrected chi connectivity index (χ3v) is 10.3. The van der Waals surface area contributed by atoms with Gasteiger partial charge in [-0.2, -0.15) is 13.2 Å². The zero-order valence-corrected chi connectivity index (χ0v) is 24.5. The maximum atomic E-state index is 14.3. The van der Waals surface area contributed by atoms with Crippen LogP contribution in [0.5, 0.6) is 0 Å². The highest BCUT2D eigenvalue weighted by Gasteiger charge is 2.50. The van der Waals surface area contributed by atoms with Gasteiger partial charge in [0.2, 0.25) is 0 Å². The Kier molecular flexibility index (Phi) is 7.80. The predicted molar refractivity (Wildman–Crippen MR) is 151 cm³/mol. The van der Waals surface area contributed by atoms with E-state index in [0.29, 0.717) is 29.9 Å². The van der Waals surface area contributed by atoms with E-state index in [-0.39, 0.29) is 29.3 Å². The molecule has 11 heteroatoms. The number of likely N-dealkylation sites (tertiary alicyclic amines) is 1. The molecule has 2 aromatic rings. The third kappa shape index (κ3) is 5.85. The summed E-state index contributed by atoms with van der Waals surface area (Å²) in [5.41, 5.74) is 5.37. The molecular weight excluding hydrogens is 533 g/mol. The van der Waals surface area contributed by atoms with Crippen molar-refractivity contribution in [2.24, 2.45) is 23.7 Å². The van der Waals surface area contributed by atoms with Crippen LogP contribution < -0.4 is 16.5 Å². The van der Waals surface area contributed by atoms with Crippen LogP contribution in [-0.2, 0) is 12.7 Å². The first-order valence-electron chi connectivity index (χ1n) is 15.4. The number of nitrogens with zero attached hydrogens (tertiary/aromatic N) is 4. The highest BCUT2D eigenvalue weighted by Crippen LogP contribution is 2.50. The van der Waals surface area contributed by atoms with Crippen molar-refractivity contribution >= 4 is 5.52 Å². The fourth-order valence-corrected chi connectivity index (χ4v) is 8.45. The van der Waals surface area contributed by atoms with Gasteiger partial charge < -0.3 is 5.11 Å². The zero-order chi connectivity index (χ0) is 29.1. The van der Waals surface area contributed by atoms with Crippen molar-refractivity contribution in [3.05, 3.63) is 40.1 Å². The lowest BCUT2D eigenvalue weighted by atomic mass is 9.60. The number of nitrogens with one attached hydrogen (secondary N) is 2. The number of hydrogen-bond donors (Lipinski definition) is 3. The van der Waals surface area contributed by atoms with E-state index in [0.717, 1.165) is 71.1 Å². The van der Waals surface area contributed by atoms with Crippen LogP contribution in [0.15, 0.2) is 23.3 Å². The van der Waals surface area contributed by atoms with Gasteiger partial charge in [0.25, 0.3) is 0 Å². The minimum atomic E-state index is -4.55. The smallest absolute Gasteiger partial charge is 0.390 e. The number of alkyl halides is 3. The summed E-state index contributed by atoms with van der Waals surface area (Å²) >= 11 is 0. The van der Waals surface area contributed by atoms with Gasteiger partial charge in [-0.15, -0.1) is 0 Å². The van der Waals surface area contributed by atoms with Gasteiger partial charge in [0.15, 0.2) is 0 Å². The summed E-state index contributed by atoms with van der Waals surface area (Å²) in [7, 11) is 2.08. The molecule has 2 saturated heterocycles. The number of halogens is 3. The van der Waals surface area contributed by atoms with Gasteiger partial charge in [0.05, 0.1) is 29.5 Å². The summed E-state index contributed by atoms with van der Waals surface area (Å²) in [6, 6.07) is 1.09. The van der Waals surface area contributed by atoms with E-state index in [2.05, 4.69) is 34.6 Å². The van der Waals surface area contributed by atoms with Gasteiger partial charge in [-0.25, -0.2) is 15.6 Å². The predicted octanol–water partition coefficient (Wildman–Crippen LogP) is 4.18. The second-order valence-electron chi connectivity index (χ2n) is 13.8. The molecule has 8 nitrogen and oxygen atoms in total. The van der Waals surface area contributed by atoms with Gasteiger partial charge in [0.1, 0.15) is 0 Å². The molecule has 2 aliphatic carbocycles. The maximum absolute atomic E-state index is 14.3. The van der Waals surface area contributed by atoms with Crippen molar-refractivity contribution in [3.63, 3.8) is 0 Å². The fraction of sp³-hybridized carbons (Fsp3) is 0.767. The molecule has 4 heterocycles. The lowest BCUT2D eigenvalue weighted by Gasteiger charge is -2.51. The number of fused-ring (bicyclic) bond motifs is 1. The average Bonchev–Trinajstić information content (AvgIpc) is 3.45. The Labute approximate surface area is 239 Å². The SMILES string of the molecule is C[C@H]1CCCN(Cc2cc(C(F)(F)F)c3cn(C4CCCC([C@H](C5CC(C)(O)C5)C5NNCN5C)C4)c(=O)n3c2)C1. The van der Waals surface area contributed by atoms with Gasteiger partial charge >= 0.3 is 11.9 Å². The highest BCUT2D eigenvalue weighted by atomic mass is 19.4. The lowest BCUT2D eigenvalue weighted by Crippen LogP contribution is -2.55. The van der Waals surface area contributed by atoms with Gasteiger partial charge in [-0.3, -0.25) is 18.8 Å². The summed E-state index contributed by atoms with van der Waals surface area (Å²) < 4.78 is 45.8. The van der Waals surface area contributed by atoms with Gasteiger partial charge in [-0.05, 0) is 101 Å². The maximum Gasteiger partial charge on any atom is 0.418 e. The van der Waals surface area contributed by atoms with Crippen LogP contribution in [0.1, 0.15) is 82.4 Å². The quantitative estimate of drug-likeness (QED) is 0.478. The monoisotopic (exact) mass is 578 g/mol. The van der Waals surface area contributed by atoms with E-state index < -0.39 is 17.3 Å². The Morgan fingerprint density at radius 1 is 1.15 bits per heavy atom. The van der Waals surface area contributed by atoms with Gasteiger partial charge in [-0.1, -0.05) is 13.3 Å². The molecule has 0 aromatic carbocycles. The zero-order valence-electron chi connectivity index (χ0n) is 24.5. The van der Waals surface area contributed by atoms with Crippen molar-refractivity contribution in [2.75, 3.05) is 26.8 Å². The van der Waals surface area contributed by atoms with E-state index in [9.17, 15) is 23.1 Å². The molecule has 0 radical (unpaired) electrons. The molecule has 0 bridgehead atoms. The van der Waals surface area contributed by atoms with E-state index in [4.69, 9.17) is 0 Å². The molecular formula is C30H45F3N6O2. The summed E-state index contributed by atoms with van der Waals surface area (Å²) in [4.78, 5) is 18.2. The normalized spacial score (nSPS) is 34.7. The van der Waals surface area contributed by atoms with Crippen molar-refractivity contribution in [2.45, 2.75) is 95.7 Å². The Morgan fingerprint density at radius 2 is 1.93 bits per heavy atom. The van der Waals surface area contributed by atoms with Gasteiger partial charge in [0, 0.05) is 31.5 Å². The number of aliphatic hydroxyl groups is 1. The molecule has 6 rings (SSSR count). The Bertz CT molecular complexity index is 1300. The molecule has 5 atom stereocenters. The van der Waals surface area contributed by atoms with Crippen molar-refractivity contribution in [1.29, 1.82) is 0 Å². The van der Waals surface area contributed by atoms with E-state index in [1.165, 1.54) is 16.7 Å². The molecule has 0 amide bonds. The summed E-state index contributed by atoms with van der Waals surface area (Å²) in [5.74, 6) is 1.44. The largest absolute Gasteiger partial charge is 0.418 e. The van der Waals surface area contributed by atoms with Crippen LogP contribution in [0, 0.1) is 23.7 Å². The molecule has 228 valence electrons. The van der Waals surface area contributed by atoms with Crippen LogP contribution in [0.2, 0.25) is 0 Å². The summed E-state index contributed by atoms with van der Waals surface area (Å²) in [5, 5.41) is 10.5. The van der Waals surface area contributed by atoms with Crippen LogP contribution >= 0.6 is 0 Å². The molecule has 0 spiro atoms. The topological polar surface area (TPSA) is 77.2 Å². The van der Waals surface area contributed by atoms with Crippen LogP contribution in [-0.4, -0.2) is 62.4 Å². The number of pyridine rings is 1. The second kappa shape index (κ2) is 11.0. The highest BCUT2D eigenvalue weighted by molar-refractivity contribution is 5.56. The molecule has 4 fully saturated rings. The molecule has 2 aliphatic heterocycles. The average molecular weight is 579 g/mol. The Balaban J connectivity index is 1.30. The molecule has 41 heavy (non-hydrogen) atoms.